The number of aryl methyl sites for hydroxylation is 1. The molecule has 0 unspecified atom stereocenters. The summed E-state index contributed by atoms with van der Waals surface area (Å²) < 4.78 is 3.03. The highest BCUT2D eigenvalue weighted by Crippen LogP contribution is 2.26. The van der Waals surface area contributed by atoms with Crippen LogP contribution in [0.5, 0.6) is 0 Å². The fraction of sp³-hybridized carbons (Fsp3) is 0.318. The van der Waals surface area contributed by atoms with Gasteiger partial charge in [0.1, 0.15) is 0 Å². The smallest absolute Gasteiger partial charge is 0.326 e. The third kappa shape index (κ3) is 3.46. The Morgan fingerprint density at radius 1 is 1.10 bits per heavy atom. The van der Waals surface area contributed by atoms with E-state index in [-0.39, 0.29) is 17.6 Å². The minimum absolute atomic E-state index is 0.0631. The molecule has 3 heterocycles. The Bertz CT molecular complexity index is 1200. The van der Waals surface area contributed by atoms with Crippen LogP contribution in [0.3, 0.4) is 0 Å². The normalized spacial score (nSPS) is 15.4. The fourth-order valence-corrected chi connectivity index (χ4v) is 5.18. The van der Waals surface area contributed by atoms with Gasteiger partial charge in [-0.2, -0.15) is 0 Å². The van der Waals surface area contributed by atoms with Gasteiger partial charge in [-0.25, -0.2) is 9.78 Å². The van der Waals surface area contributed by atoms with Crippen molar-refractivity contribution in [2.45, 2.75) is 31.7 Å². The largest absolute Gasteiger partial charge is 0.343 e. The molecule has 1 fully saturated rings. The molecule has 0 aliphatic carbocycles. The highest BCUT2D eigenvalue weighted by atomic mass is 32.1. The van der Waals surface area contributed by atoms with Crippen molar-refractivity contribution in [3.63, 3.8) is 0 Å². The Balaban J connectivity index is 1.21. The molecular weight excluding hydrogens is 384 g/mol. The fourth-order valence-electron chi connectivity index (χ4n) is 4.21. The lowest BCUT2D eigenvalue weighted by atomic mass is 10.0. The quantitative estimate of drug-likeness (QED) is 0.561. The average molecular weight is 407 g/mol. The molecule has 7 heteroatoms. The van der Waals surface area contributed by atoms with E-state index in [2.05, 4.69) is 16.0 Å². The van der Waals surface area contributed by atoms with Gasteiger partial charge in [-0.05, 0) is 37.1 Å². The van der Waals surface area contributed by atoms with Crippen LogP contribution >= 0.6 is 11.3 Å². The molecule has 0 saturated carbocycles. The van der Waals surface area contributed by atoms with Crippen molar-refractivity contribution in [2.24, 2.45) is 0 Å². The number of nitrogens with one attached hydrogen (secondary N) is 1. The van der Waals surface area contributed by atoms with Gasteiger partial charge in [0.2, 0.25) is 5.91 Å². The Morgan fingerprint density at radius 3 is 2.69 bits per heavy atom. The summed E-state index contributed by atoms with van der Waals surface area (Å²) in [6.45, 7) is 1.38. The highest BCUT2D eigenvalue weighted by molar-refractivity contribution is 7.18. The molecule has 0 spiro atoms. The molecule has 2 aromatic carbocycles. The number of amides is 1. The Labute approximate surface area is 171 Å². The van der Waals surface area contributed by atoms with Crippen molar-refractivity contribution in [3.05, 3.63) is 64.0 Å². The van der Waals surface area contributed by atoms with Crippen molar-refractivity contribution in [1.29, 1.82) is 0 Å². The maximum absolute atomic E-state index is 12.7. The number of benzene rings is 2. The predicted octanol–water partition coefficient (Wildman–Crippen LogP) is 3.74. The first-order chi connectivity index (χ1) is 14.2. The number of aromatic amines is 1. The van der Waals surface area contributed by atoms with E-state index >= 15 is 0 Å². The molecule has 148 valence electrons. The van der Waals surface area contributed by atoms with Gasteiger partial charge in [0.15, 0.2) is 0 Å². The number of thiazole rings is 1. The van der Waals surface area contributed by atoms with Crippen LogP contribution in [0.25, 0.3) is 21.3 Å². The maximum atomic E-state index is 12.7. The first-order valence-electron chi connectivity index (χ1n) is 10.0. The zero-order chi connectivity index (χ0) is 19.8. The molecule has 5 rings (SSSR count). The minimum atomic E-state index is -0.0631. The van der Waals surface area contributed by atoms with E-state index in [0.29, 0.717) is 25.9 Å². The minimum Gasteiger partial charge on any atom is -0.343 e. The lowest BCUT2D eigenvalue weighted by Crippen LogP contribution is -2.40. The van der Waals surface area contributed by atoms with Gasteiger partial charge in [0.05, 0.1) is 26.3 Å². The van der Waals surface area contributed by atoms with Crippen LogP contribution in [0.4, 0.5) is 0 Å². The second-order valence-corrected chi connectivity index (χ2v) is 8.62. The Kier molecular flexibility index (Phi) is 4.67. The van der Waals surface area contributed by atoms with Crippen molar-refractivity contribution in [1.82, 2.24) is 19.4 Å². The second kappa shape index (κ2) is 7.48. The van der Waals surface area contributed by atoms with Gasteiger partial charge < -0.3 is 9.88 Å². The summed E-state index contributed by atoms with van der Waals surface area (Å²) in [6.07, 6.45) is 2.76. The molecule has 4 aromatic rings. The number of aromatic nitrogens is 3. The third-order valence-electron chi connectivity index (χ3n) is 5.70. The molecule has 0 bridgehead atoms. The number of nitrogens with zero attached hydrogens (tertiary/aromatic N) is 3. The number of hydrogen-bond acceptors (Lipinski definition) is 4. The summed E-state index contributed by atoms with van der Waals surface area (Å²) in [5.41, 5.74) is 2.75. The number of imidazole rings is 1. The molecule has 1 saturated heterocycles. The number of rotatable bonds is 4. The second-order valence-electron chi connectivity index (χ2n) is 7.50. The number of H-pyrrole nitrogens is 1. The van der Waals surface area contributed by atoms with Gasteiger partial charge in [-0.1, -0.05) is 24.3 Å². The summed E-state index contributed by atoms with van der Waals surface area (Å²) >= 11 is 1.66. The summed E-state index contributed by atoms with van der Waals surface area (Å²) in [5.74, 6) is 0.175. The molecular formula is C22H22N4O2S. The summed E-state index contributed by atoms with van der Waals surface area (Å²) in [7, 11) is 0. The van der Waals surface area contributed by atoms with Crippen LogP contribution in [0, 0.1) is 0 Å². The van der Waals surface area contributed by atoms with Gasteiger partial charge in [-0.15, -0.1) is 11.3 Å². The molecule has 0 radical (unpaired) electrons. The first-order valence-corrected chi connectivity index (χ1v) is 10.8. The number of hydrogen-bond donors (Lipinski definition) is 1. The van der Waals surface area contributed by atoms with Crippen LogP contribution in [0.1, 0.15) is 30.3 Å². The third-order valence-corrected chi connectivity index (χ3v) is 6.79. The van der Waals surface area contributed by atoms with Crippen LogP contribution < -0.4 is 5.69 Å². The molecule has 0 atom stereocenters. The summed E-state index contributed by atoms with van der Waals surface area (Å²) in [5, 5.41) is 1.01. The molecule has 1 amide bonds. The SMILES string of the molecule is O=C(CCc1nc2ccccc2s1)N1CCC(n2c(=O)[nH]c3ccccc32)CC1. The maximum Gasteiger partial charge on any atom is 0.326 e. The topological polar surface area (TPSA) is 71.0 Å². The average Bonchev–Trinajstić information content (AvgIpc) is 3.31. The molecule has 1 aliphatic rings. The van der Waals surface area contributed by atoms with Gasteiger partial charge in [0, 0.05) is 32.0 Å². The van der Waals surface area contributed by atoms with E-state index < -0.39 is 0 Å². The molecule has 1 aliphatic heterocycles. The molecule has 29 heavy (non-hydrogen) atoms. The van der Waals surface area contributed by atoms with E-state index in [1.165, 1.54) is 4.70 Å². The van der Waals surface area contributed by atoms with E-state index in [0.717, 1.165) is 34.4 Å². The van der Waals surface area contributed by atoms with Crippen LogP contribution in [-0.2, 0) is 11.2 Å². The predicted molar refractivity (Wildman–Crippen MR) is 115 cm³/mol. The lowest BCUT2D eigenvalue weighted by molar-refractivity contribution is -0.132. The Hall–Kier alpha value is -2.93. The highest BCUT2D eigenvalue weighted by Gasteiger charge is 2.26. The summed E-state index contributed by atoms with van der Waals surface area (Å²) in [6, 6.07) is 16.0. The van der Waals surface area contributed by atoms with Gasteiger partial charge >= 0.3 is 5.69 Å². The number of para-hydroxylation sites is 3. The number of piperidine rings is 1. The van der Waals surface area contributed by atoms with E-state index in [9.17, 15) is 9.59 Å². The zero-order valence-corrected chi connectivity index (χ0v) is 16.8. The van der Waals surface area contributed by atoms with Crippen molar-refractivity contribution in [2.75, 3.05) is 13.1 Å². The van der Waals surface area contributed by atoms with E-state index in [1.54, 1.807) is 11.3 Å². The number of carbonyl (C=O) groups excluding carboxylic acids is 1. The standard InChI is InChI=1S/C22H22N4O2S/c27-21(10-9-20-23-17-6-2-4-8-19(17)29-20)25-13-11-15(12-14-25)26-18-7-3-1-5-16(18)24-22(26)28/h1-8,15H,9-14H2,(H,24,28). The van der Waals surface area contributed by atoms with Crippen LogP contribution in [-0.4, -0.2) is 38.4 Å². The van der Waals surface area contributed by atoms with Gasteiger partial charge in [0.25, 0.3) is 0 Å². The van der Waals surface area contributed by atoms with Gasteiger partial charge in [-0.3, -0.25) is 9.36 Å². The van der Waals surface area contributed by atoms with E-state index in [1.807, 2.05) is 51.9 Å². The number of carbonyl (C=O) groups is 1. The number of likely N-dealkylation sites (tertiary alicyclic amines) is 1. The lowest BCUT2D eigenvalue weighted by Gasteiger charge is -2.32. The summed E-state index contributed by atoms with van der Waals surface area (Å²) in [4.78, 5) is 34.6. The van der Waals surface area contributed by atoms with Crippen molar-refractivity contribution in [3.8, 4) is 0 Å². The van der Waals surface area contributed by atoms with Crippen molar-refractivity contribution >= 4 is 38.5 Å². The number of fused-ring (bicyclic) bond motifs is 2. The van der Waals surface area contributed by atoms with Crippen molar-refractivity contribution < 1.29 is 4.79 Å². The molecule has 1 N–H and O–H groups in total. The van der Waals surface area contributed by atoms with Crippen LogP contribution in [0.15, 0.2) is 53.3 Å². The zero-order valence-electron chi connectivity index (χ0n) is 16.0. The Morgan fingerprint density at radius 2 is 1.86 bits per heavy atom. The van der Waals surface area contributed by atoms with E-state index in [4.69, 9.17) is 0 Å². The molecule has 6 nitrogen and oxygen atoms in total. The first kappa shape index (κ1) is 18.1. The monoisotopic (exact) mass is 406 g/mol. The van der Waals surface area contributed by atoms with Crippen LogP contribution in [0.2, 0.25) is 0 Å². The molecule has 2 aromatic heterocycles.